The first-order chi connectivity index (χ1) is 11.7. The molecule has 0 unspecified atom stereocenters. The minimum atomic E-state index is 0. The zero-order valence-corrected chi connectivity index (χ0v) is 18.0. The second-order valence-electron chi connectivity index (χ2n) is 8.58. The van der Waals surface area contributed by atoms with Crippen LogP contribution in [0.25, 0.3) is 0 Å². The normalized spacial score (nSPS) is 21.6. The van der Waals surface area contributed by atoms with Gasteiger partial charge in [0.25, 0.3) is 0 Å². The lowest BCUT2D eigenvalue weighted by atomic mass is 10.0. The minimum Gasteiger partial charge on any atom is -0.0776 e. The van der Waals surface area contributed by atoms with Crippen LogP contribution in [-0.2, 0) is 0 Å². The van der Waals surface area contributed by atoms with Crippen LogP contribution in [0.5, 0.6) is 0 Å². The molecule has 0 N–H and O–H groups in total. The number of hydrogen-bond donors (Lipinski definition) is 0. The van der Waals surface area contributed by atoms with Crippen molar-refractivity contribution in [3.8, 4) is 0 Å². The van der Waals surface area contributed by atoms with Gasteiger partial charge in [0.2, 0.25) is 0 Å². The summed E-state index contributed by atoms with van der Waals surface area (Å²) in [5, 5.41) is 0. The highest BCUT2D eigenvalue weighted by molar-refractivity contribution is 4.61. The van der Waals surface area contributed by atoms with Gasteiger partial charge < -0.3 is 0 Å². The minimum absolute atomic E-state index is 0. The Bertz CT molecular complexity index is 192. The van der Waals surface area contributed by atoms with Crippen LogP contribution in [0, 0.1) is 17.8 Å². The molecule has 3 rings (SSSR count). The Morgan fingerprint density at radius 2 is 0.500 bits per heavy atom. The standard InChI is InChI=1S/2C8H16.C6H12.C2H6.2CH4/c2*1-8-6-4-2-3-5-7-8;1-6-4-2-3-5-6;1-2;;/h2*8H,2-7H2,1H3;6H,2-5H2,1H3;1-2H3;2*1H4. The molecule has 0 aromatic carbocycles. The fourth-order valence-corrected chi connectivity index (χ4v) is 4.10. The summed E-state index contributed by atoms with van der Waals surface area (Å²) < 4.78 is 0. The van der Waals surface area contributed by atoms with Crippen molar-refractivity contribution in [1.82, 2.24) is 0 Å². The first kappa shape index (κ1) is 30.7. The largest absolute Gasteiger partial charge is 0.0776 e. The highest BCUT2D eigenvalue weighted by atomic mass is 14.1. The number of rotatable bonds is 0. The van der Waals surface area contributed by atoms with Crippen molar-refractivity contribution in [2.24, 2.45) is 17.8 Å². The van der Waals surface area contributed by atoms with Crippen LogP contribution in [0.2, 0.25) is 0 Å². The van der Waals surface area contributed by atoms with Gasteiger partial charge in [-0.05, 0) is 17.8 Å². The molecule has 0 radical (unpaired) electrons. The summed E-state index contributed by atoms with van der Waals surface area (Å²) in [5.41, 5.74) is 0. The van der Waals surface area contributed by atoms with Crippen LogP contribution in [0.15, 0.2) is 0 Å². The van der Waals surface area contributed by atoms with Gasteiger partial charge in [-0.1, -0.05) is 152 Å². The molecule has 0 bridgehead atoms. The van der Waals surface area contributed by atoms with E-state index in [1.54, 1.807) is 0 Å². The van der Waals surface area contributed by atoms with Gasteiger partial charge in [-0.15, -0.1) is 0 Å². The van der Waals surface area contributed by atoms with Crippen molar-refractivity contribution in [3.63, 3.8) is 0 Å². The Hall–Kier alpha value is 0. The lowest BCUT2D eigenvalue weighted by Gasteiger charge is -2.02. The van der Waals surface area contributed by atoms with Gasteiger partial charge in [0, 0.05) is 0 Å². The van der Waals surface area contributed by atoms with E-state index in [0.29, 0.717) is 0 Å². The predicted molar refractivity (Wildman–Crippen MR) is 126 cm³/mol. The third-order valence-electron chi connectivity index (χ3n) is 5.93. The van der Waals surface area contributed by atoms with Crippen LogP contribution >= 0.6 is 0 Å². The summed E-state index contributed by atoms with van der Waals surface area (Å²) >= 11 is 0. The Morgan fingerprint density at radius 3 is 0.654 bits per heavy atom. The van der Waals surface area contributed by atoms with E-state index in [1.165, 1.54) is 103 Å². The van der Waals surface area contributed by atoms with Gasteiger partial charge >= 0.3 is 0 Å². The Morgan fingerprint density at radius 1 is 0.346 bits per heavy atom. The molecule has 0 nitrogen and oxygen atoms in total. The van der Waals surface area contributed by atoms with Crippen LogP contribution in [0.4, 0.5) is 0 Å². The molecule has 0 saturated heterocycles. The molecule has 3 fully saturated rings. The molecule has 0 heteroatoms. The lowest BCUT2D eigenvalue weighted by molar-refractivity contribution is 0.505. The molecule has 0 amide bonds. The molecule has 26 heavy (non-hydrogen) atoms. The molecule has 3 saturated carbocycles. The molecular weight excluding hydrogens is 312 g/mol. The van der Waals surface area contributed by atoms with E-state index in [4.69, 9.17) is 0 Å². The monoisotopic (exact) mass is 370 g/mol. The Kier molecular flexibility index (Phi) is 27.2. The maximum absolute atomic E-state index is 2.38. The molecule has 0 aliphatic heterocycles. The molecule has 0 atom stereocenters. The van der Waals surface area contributed by atoms with E-state index >= 15 is 0 Å². The first-order valence-corrected chi connectivity index (χ1v) is 11.7. The van der Waals surface area contributed by atoms with Crippen LogP contribution in [0.3, 0.4) is 0 Å². The molecular formula is C26H58. The summed E-state index contributed by atoms with van der Waals surface area (Å²) in [4.78, 5) is 0. The zero-order valence-electron chi connectivity index (χ0n) is 18.0. The van der Waals surface area contributed by atoms with Gasteiger partial charge in [0.1, 0.15) is 0 Å². The van der Waals surface area contributed by atoms with E-state index in [1.807, 2.05) is 13.8 Å². The summed E-state index contributed by atoms with van der Waals surface area (Å²) in [5.74, 6) is 3.10. The topological polar surface area (TPSA) is 0 Å². The molecule has 0 heterocycles. The smallest absolute Gasteiger partial charge is 0.0443 e. The quantitative estimate of drug-likeness (QED) is 0.372. The van der Waals surface area contributed by atoms with Gasteiger partial charge in [-0.2, -0.15) is 0 Å². The lowest BCUT2D eigenvalue weighted by Crippen LogP contribution is -1.88. The highest BCUT2D eigenvalue weighted by Gasteiger charge is 2.07. The fourth-order valence-electron chi connectivity index (χ4n) is 4.10. The van der Waals surface area contributed by atoms with Crippen molar-refractivity contribution < 1.29 is 0 Å². The van der Waals surface area contributed by atoms with Crippen LogP contribution in [-0.4, -0.2) is 0 Å². The second kappa shape index (κ2) is 23.0. The van der Waals surface area contributed by atoms with E-state index < -0.39 is 0 Å². The maximum atomic E-state index is 2.38. The van der Waals surface area contributed by atoms with Crippen LogP contribution < -0.4 is 0 Å². The molecule has 0 aromatic rings. The highest BCUT2D eigenvalue weighted by Crippen LogP contribution is 2.23. The third-order valence-corrected chi connectivity index (χ3v) is 5.93. The van der Waals surface area contributed by atoms with Gasteiger partial charge in [-0.25, -0.2) is 0 Å². The van der Waals surface area contributed by atoms with Crippen molar-refractivity contribution in [2.75, 3.05) is 0 Å². The van der Waals surface area contributed by atoms with E-state index in [0.717, 1.165) is 17.8 Å². The average molecular weight is 371 g/mol. The summed E-state index contributed by atoms with van der Waals surface area (Å²) in [6.07, 6.45) is 23.8. The average Bonchev–Trinajstić information content (AvgIpc) is 2.81. The Balaban J connectivity index is -0.000000283. The first-order valence-electron chi connectivity index (χ1n) is 11.7. The third kappa shape index (κ3) is 20.3. The van der Waals surface area contributed by atoms with Gasteiger partial charge in [0.05, 0.1) is 0 Å². The molecule has 3 aliphatic carbocycles. The Labute approximate surface area is 170 Å². The summed E-state index contributed by atoms with van der Waals surface area (Å²) in [6.45, 7) is 11.1. The fraction of sp³-hybridized carbons (Fsp3) is 1.00. The maximum Gasteiger partial charge on any atom is -0.0443 e. The van der Waals surface area contributed by atoms with Crippen molar-refractivity contribution >= 4 is 0 Å². The van der Waals surface area contributed by atoms with E-state index in [2.05, 4.69) is 20.8 Å². The molecule has 3 aliphatic rings. The molecule has 0 aromatic heterocycles. The van der Waals surface area contributed by atoms with Crippen molar-refractivity contribution in [3.05, 3.63) is 0 Å². The van der Waals surface area contributed by atoms with Gasteiger partial charge in [-0.3, -0.25) is 0 Å². The predicted octanol–water partition coefficient (Wildman–Crippen LogP) is 10.4. The summed E-state index contributed by atoms with van der Waals surface area (Å²) in [6, 6.07) is 0. The SMILES string of the molecule is C.C.CC.CC1CCCC1.CC1CCCCCC1.CC1CCCCCC1. The second-order valence-corrected chi connectivity index (χ2v) is 8.58. The van der Waals surface area contributed by atoms with E-state index in [-0.39, 0.29) is 14.9 Å². The number of hydrogen-bond acceptors (Lipinski definition) is 0. The van der Waals surface area contributed by atoms with Crippen LogP contribution in [0.1, 0.15) is 152 Å². The zero-order chi connectivity index (χ0) is 18.0. The van der Waals surface area contributed by atoms with E-state index in [9.17, 15) is 0 Å². The molecule has 0 spiro atoms. The van der Waals surface area contributed by atoms with Crippen molar-refractivity contribution in [1.29, 1.82) is 0 Å². The summed E-state index contributed by atoms with van der Waals surface area (Å²) in [7, 11) is 0. The molecule has 162 valence electrons. The van der Waals surface area contributed by atoms with Gasteiger partial charge in [0.15, 0.2) is 0 Å². The van der Waals surface area contributed by atoms with Crippen molar-refractivity contribution in [2.45, 2.75) is 152 Å².